The maximum absolute atomic E-state index is 11.3. The van der Waals surface area contributed by atoms with Crippen LogP contribution in [0.2, 0.25) is 0 Å². The molecule has 1 amide bonds. The fourth-order valence-electron chi connectivity index (χ4n) is 1.15. The van der Waals surface area contributed by atoms with Gasteiger partial charge in [-0.3, -0.25) is 4.79 Å². The van der Waals surface area contributed by atoms with Crippen LogP contribution >= 0.6 is 0 Å². The fraction of sp³-hybridized carbons (Fsp3) is 0.308. The molecule has 7 heteroatoms. The van der Waals surface area contributed by atoms with E-state index in [1.807, 2.05) is 0 Å². The third-order valence-electron chi connectivity index (χ3n) is 2.27. The number of carbonyl (C=O) groups is 2. The molecule has 0 unspecified atom stereocenters. The molecule has 0 aromatic heterocycles. The number of rotatable bonds is 4. The predicted molar refractivity (Wildman–Crippen MR) is 73.9 cm³/mol. The standard InChI is InChI=1S/C13H17N3O4/c1-8(2)12(17)19-7-20-13(18)16-11(15)9-3-5-10(14)6-4-9/h3-6,8H,7,14H2,1-2H3,(H2,15,16,18). The summed E-state index contributed by atoms with van der Waals surface area (Å²) in [5, 5.41) is 0. The Morgan fingerprint density at radius 3 is 2.35 bits per heavy atom. The third-order valence-corrected chi connectivity index (χ3v) is 2.27. The highest BCUT2D eigenvalue weighted by Gasteiger charge is 2.09. The Hall–Kier alpha value is -2.57. The molecule has 0 bridgehead atoms. The summed E-state index contributed by atoms with van der Waals surface area (Å²) < 4.78 is 9.27. The Morgan fingerprint density at radius 2 is 1.80 bits per heavy atom. The largest absolute Gasteiger partial charge is 0.438 e. The van der Waals surface area contributed by atoms with Crippen LogP contribution in [-0.2, 0) is 14.3 Å². The summed E-state index contributed by atoms with van der Waals surface area (Å²) in [6.45, 7) is 2.84. The summed E-state index contributed by atoms with van der Waals surface area (Å²) in [5.41, 5.74) is 12.3. The smallest absolute Gasteiger partial charge is 0.428 e. The minimum atomic E-state index is -0.934. The zero-order valence-electron chi connectivity index (χ0n) is 11.3. The molecule has 0 radical (unpaired) electrons. The molecule has 0 aliphatic rings. The summed E-state index contributed by atoms with van der Waals surface area (Å²) in [6, 6.07) is 6.52. The lowest BCUT2D eigenvalue weighted by Crippen LogP contribution is -2.18. The number of nitrogen functional groups attached to an aromatic ring is 1. The second-order valence-electron chi connectivity index (χ2n) is 4.27. The number of nitrogens with two attached hydrogens (primary N) is 2. The number of benzene rings is 1. The monoisotopic (exact) mass is 279 g/mol. The third kappa shape index (κ3) is 4.97. The number of nitrogens with zero attached hydrogens (tertiary/aromatic N) is 1. The number of anilines is 1. The number of carbonyl (C=O) groups excluding carboxylic acids is 2. The molecule has 0 heterocycles. The van der Waals surface area contributed by atoms with Crippen LogP contribution in [-0.4, -0.2) is 24.7 Å². The Balaban J connectivity index is 2.50. The van der Waals surface area contributed by atoms with E-state index in [4.69, 9.17) is 11.5 Å². The normalized spacial score (nSPS) is 11.2. The molecule has 0 atom stereocenters. The number of aliphatic imine (C=N–C) groups is 1. The molecule has 0 aliphatic carbocycles. The van der Waals surface area contributed by atoms with Gasteiger partial charge in [0.2, 0.25) is 6.79 Å². The fourth-order valence-corrected chi connectivity index (χ4v) is 1.15. The van der Waals surface area contributed by atoms with Crippen LogP contribution in [0, 0.1) is 5.92 Å². The van der Waals surface area contributed by atoms with E-state index in [-0.39, 0.29) is 11.8 Å². The lowest BCUT2D eigenvalue weighted by atomic mass is 10.2. The van der Waals surface area contributed by atoms with Gasteiger partial charge in [0, 0.05) is 11.3 Å². The first kappa shape index (κ1) is 15.5. The molecule has 0 saturated heterocycles. The van der Waals surface area contributed by atoms with Gasteiger partial charge in [-0.05, 0) is 24.3 Å². The van der Waals surface area contributed by atoms with E-state index >= 15 is 0 Å². The highest BCUT2D eigenvalue weighted by atomic mass is 16.7. The van der Waals surface area contributed by atoms with Crippen LogP contribution in [0.3, 0.4) is 0 Å². The highest BCUT2D eigenvalue weighted by Crippen LogP contribution is 2.05. The topological polar surface area (TPSA) is 117 Å². The Bertz CT molecular complexity index is 509. The molecule has 1 rings (SSSR count). The zero-order chi connectivity index (χ0) is 15.1. The quantitative estimate of drug-likeness (QED) is 0.282. The number of amides is 1. The molecule has 4 N–H and O–H groups in total. The SMILES string of the molecule is CC(C)C(=O)OCOC(=O)N=C(N)c1ccc(N)cc1. The number of hydrogen-bond donors (Lipinski definition) is 2. The number of ether oxygens (including phenoxy) is 2. The maximum Gasteiger partial charge on any atom is 0.438 e. The van der Waals surface area contributed by atoms with Gasteiger partial charge in [-0.1, -0.05) is 13.8 Å². The van der Waals surface area contributed by atoms with Gasteiger partial charge < -0.3 is 20.9 Å². The van der Waals surface area contributed by atoms with Crippen LogP contribution in [0.25, 0.3) is 0 Å². The Labute approximate surface area is 116 Å². The molecule has 20 heavy (non-hydrogen) atoms. The van der Waals surface area contributed by atoms with Crippen molar-refractivity contribution in [3.63, 3.8) is 0 Å². The summed E-state index contributed by atoms with van der Waals surface area (Å²) >= 11 is 0. The average molecular weight is 279 g/mol. The van der Waals surface area contributed by atoms with Crippen LogP contribution in [0.5, 0.6) is 0 Å². The number of esters is 1. The van der Waals surface area contributed by atoms with Gasteiger partial charge in [0.25, 0.3) is 0 Å². The zero-order valence-corrected chi connectivity index (χ0v) is 11.3. The van der Waals surface area contributed by atoms with Crippen molar-refractivity contribution < 1.29 is 19.1 Å². The van der Waals surface area contributed by atoms with Crippen molar-refractivity contribution in [2.75, 3.05) is 12.5 Å². The minimum Gasteiger partial charge on any atom is -0.428 e. The number of amidine groups is 1. The van der Waals surface area contributed by atoms with E-state index in [1.54, 1.807) is 38.1 Å². The highest BCUT2D eigenvalue weighted by molar-refractivity contribution is 6.02. The summed E-state index contributed by atoms with van der Waals surface area (Å²) in [7, 11) is 0. The number of hydrogen-bond acceptors (Lipinski definition) is 5. The predicted octanol–water partition coefficient (Wildman–Crippen LogP) is 1.27. The average Bonchev–Trinajstić information content (AvgIpc) is 2.39. The summed E-state index contributed by atoms with van der Waals surface area (Å²) in [6.07, 6.45) is -0.934. The van der Waals surface area contributed by atoms with Crippen molar-refractivity contribution in [1.82, 2.24) is 0 Å². The van der Waals surface area contributed by atoms with Crippen molar-refractivity contribution in [2.45, 2.75) is 13.8 Å². The summed E-state index contributed by atoms with van der Waals surface area (Å²) in [4.78, 5) is 26.0. The van der Waals surface area contributed by atoms with E-state index in [0.29, 0.717) is 11.3 Å². The first-order chi connectivity index (χ1) is 9.40. The maximum atomic E-state index is 11.3. The van der Waals surface area contributed by atoms with E-state index in [9.17, 15) is 9.59 Å². The van der Waals surface area contributed by atoms with Crippen molar-refractivity contribution in [3.8, 4) is 0 Å². The van der Waals surface area contributed by atoms with Gasteiger partial charge in [-0.2, -0.15) is 4.99 Å². The molecular weight excluding hydrogens is 262 g/mol. The van der Waals surface area contributed by atoms with Gasteiger partial charge >= 0.3 is 12.1 Å². The second-order valence-corrected chi connectivity index (χ2v) is 4.27. The van der Waals surface area contributed by atoms with Crippen LogP contribution < -0.4 is 11.5 Å². The minimum absolute atomic E-state index is 0.00909. The molecule has 0 fully saturated rings. The van der Waals surface area contributed by atoms with E-state index < -0.39 is 18.9 Å². The van der Waals surface area contributed by atoms with E-state index in [1.165, 1.54) is 0 Å². The second kappa shape index (κ2) is 7.13. The lowest BCUT2D eigenvalue weighted by molar-refractivity contribution is -0.155. The van der Waals surface area contributed by atoms with Gasteiger partial charge in [0.05, 0.1) is 5.92 Å². The van der Waals surface area contributed by atoms with Crippen LogP contribution in [0.1, 0.15) is 19.4 Å². The molecule has 7 nitrogen and oxygen atoms in total. The molecule has 0 aliphatic heterocycles. The first-order valence-corrected chi connectivity index (χ1v) is 5.93. The van der Waals surface area contributed by atoms with Crippen molar-refractivity contribution in [1.29, 1.82) is 0 Å². The van der Waals surface area contributed by atoms with Crippen molar-refractivity contribution in [2.24, 2.45) is 16.6 Å². The Kier molecular flexibility index (Phi) is 5.52. The molecule has 1 aromatic rings. The first-order valence-electron chi connectivity index (χ1n) is 5.93. The van der Waals surface area contributed by atoms with Crippen LogP contribution in [0.4, 0.5) is 10.5 Å². The molecule has 0 spiro atoms. The van der Waals surface area contributed by atoms with Gasteiger partial charge in [0.1, 0.15) is 5.84 Å². The van der Waals surface area contributed by atoms with Gasteiger partial charge in [-0.15, -0.1) is 0 Å². The van der Waals surface area contributed by atoms with E-state index in [2.05, 4.69) is 14.5 Å². The summed E-state index contributed by atoms with van der Waals surface area (Å²) in [5.74, 6) is -0.768. The molecule has 1 aromatic carbocycles. The van der Waals surface area contributed by atoms with Gasteiger partial charge in [-0.25, -0.2) is 4.79 Å². The van der Waals surface area contributed by atoms with E-state index in [0.717, 1.165) is 0 Å². The van der Waals surface area contributed by atoms with Gasteiger partial charge in [0.15, 0.2) is 0 Å². The lowest BCUT2D eigenvalue weighted by Gasteiger charge is -2.06. The van der Waals surface area contributed by atoms with Crippen LogP contribution in [0.15, 0.2) is 29.3 Å². The molecule has 108 valence electrons. The van der Waals surface area contributed by atoms with Crippen molar-refractivity contribution in [3.05, 3.63) is 29.8 Å². The molecule has 0 saturated carbocycles. The molecular formula is C13H17N3O4. The Morgan fingerprint density at radius 1 is 1.20 bits per heavy atom. The van der Waals surface area contributed by atoms with Crippen molar-refractivity contribution >= 4 is 23.6 Å².